The number of nitrogens with one attached hydrogen (secondary N) is 1. The van der Waals surface area contributed by atoms with Gasteiger partial charge in [0.2, 0.25) is 5.56 Å². The third-order valence-electron chi connectivity index (χ3n) is 5.10. The summed E-state index contributed by atoms with van der Waals surface area (Å²) in [5.41, 5.74) is 1.52. The molecule has 7 nitrogen and oxygen atoms in total. The van der Waals surface area contributed by atoms with Crippen LogP contribution in [0.15, 0.2) is 74.8 Å². The van der Waals surface area contributed by atoms with E-state index < -0.39 is 10.0 Å². The zero-order chi connectivity index (χ0) is 21.0. The molecule has 0 radical (unpaired) electrons. The van der Waals surface area contributed by atoms with Gasteiger partial charge in [-0.1, -0.05) is 48.5 Å². The highest BCUT2D eigenvalue weighted by atomic mass is 32.2. The SMILES string of the molecule is Cc1nc(C2=NS(=O)(=O)c3c2cccc3-c2cccc(=O)[nH]2)c(O)c2ccccc12. The number of aromatic amines is 1. The van der Waals surface area contributed by atoms with Gasteiger partial charge in [0.25, 0.3) is 10.0 Å². The van der Waals surface area contributed by atoms with E-state index in [1.807, 2.05) is 12.1 Å². The van der Waals surface area contributed by atoms with Gasteiger partial charge in [-0.25, -0.2) is 4.98 Å². The molecule has 2 N–H and O–H groups in total. The van der Waals surface area contributed by atoms with E-state index >= 15 is 0 Å². The molecule has 3 heterocycles. The van der Waals surface area contributed by atoms with E-state index in [-0.39, 0.29) is 27.6 Å². The molecule has 4 aromatic rings. The van der Waals surface area contributed by atoms with Gasteiger partial charge in [-0.15, -0.1) is 0 Å². The molecule has 0 saturated carbocycles. The fourth-order valence-electron chi connectivity index (χ4n) is 3.78. The maximum atomic E-state index is 13.0. The molecule has 1 aliphatic heterocycles. The van der Waals surface area contributed by atoms with Crippen LogP contribution in [0.25, 0.3) is 22.0 Å². The Morgan fingerprint density at radius 1 is 0.900 bits per heavy atom. The Balaban J connectivity index is 1.80. The molecule has 0 atom stereocenters. The number of aryl methyl sites for hydroxylation is 1. The van der Waals surface area contributed by atoms with Crippen LogP contribution in [0.3, 0.4) is 0 Å². The average molecular weight is 417 g/mol. The fraction of sp³-hybridized carbons (Fsp3) is 0.0455. The lowest BCUT2D eigenvalue weighted by Gasteiger charge is -2.11. The average Bonchev–Trinajstić information content (AvgIpc) is 3.02. The van der Waals surface area contributed by atoms with Crippen molar-refractivity contribution in [2.45, 2.75) is 11.8 Å². The van der Waals surface area contributed by atoms with E-state index in [0.717, 1.165) is 5.39 Å². The quantitative estimate of drug-likeness (QED) is 0.520. The highest BCUT2D eigenvalue weighted by Crippen LogP contribution is 2.39. The Morgan fingerprint density at radius 2 is 1.60 bits per heavy atom. The van der Waals surface area contributed by atoms with Crippen LogP contribution in [0.1, 0.15) is 17.0 Å². The number of sulfonamides is 1. The minimum atomic E-state index is -4.06. The minimum Gasteiger partial charge on any atom is -0.505 e. The number of nitrogens with zero attached hydrogens (tertiary/aromatic N) is 2. The van der Waals surface area contributed by atoms with Crippen molar-refractivity contribution in [1.29, 1.82) is 0 Å². The van der Waals surface area contributed by atoms with Crippen LogP contribution in [0.4, 0.5) is 0 Å². The summed E-state index contributed by atoms with van der Waals surface area (Å²) in [5, 5.41) is 12.2. The molecule has 30 heavy (non-hydrogen) atoms. The van der Waals surface area contributed by atoms with Gasteiger partial charge in [-0.3, -0.25) is 4.79 Å². The normalized spacial score (nSPS) is 14.5. The zero-order valence-electron chi connectivity index (χ0n) is 15.7. The van der Waals surface area contributed by atoms with Crippen LogP contribution in [-0.2, 0) is 10.0 Å². The van der Waals surface area contributed by atoms with E-state index in [0.29, 0.717) is 27.9 Å². The molecular formula is C22H15N3O4S. The number of pyridine rings is 2. The topological polar surface area (TPSA) is 112 Å². The first kappa shape index (κ1) is 18.3. The lowest BCUT2D eigenvalue weighted by atomic mass is 9.99. The van der Waals surface area contributed by atoms with Crippen molar-refractivity contribution in [2.24, 2.45) is 4.40 Å². The van der Waals surface area contributed by atoms with Gasteiger partial charge in [0.05, 0.1) is 0 Å². The van der Waals surface area contributed by atoms with Gasteiger partial charge in [-0.05, 0) is 13.0 Å². The van der Waals surface area contributed by atoms with Crippen molar-refractivity contribution in [1.82, 2.24) is 9.97 Å². The van der Waals surface area contributed by atoms with Crippen molar-refractivity contribution < 1.29 is 13.5 Å². The van der Waals surface area contributed by atoms with E-state index in [9.17, 15) is 18.3 Å². The van der Waals surface area contributed by atoms with E-state index in [1.54, 1.807) is 49.4 Å². The maximum absolute atomic E-state index is 13.0. The standard InChI is InChI=1S/C22H15N3O4S/c1-12-13-6-2-3-7-14(13)21(27)20(23-12)19-16-9-4-8-15(22(16)30(28,29)25-19)17-10-5-11-18(26)24-17/h2-11,27H,1H3,(H,24,26). The Morgan fingerprint density at radius 3 is 2.37 bits per heavy atom. The molecule has 0 aliphatic carbocycles. The van der Waals surface area contributed by atoms with Crippen molar-refractivity contribution in [3.8, 4) is 17.0 Å². The Labute approximate surface area is 171 Å². The number of aromatic nitrogens is 2. The maximum Gasteiger partial charge on any atom is 0.284 e. The van der Waals surface area contributed by atoms with Crippen molar-refractivity contribution in [3.05, 3.63) is 88.0 Å². The summed E-state index contributed by atoms with van der Waals surface area (Å²) in [6.07, 6.45) is 0. The van der Waals surface area contributed by atoms with E-state index in [2.05, 4.69) is 14.4 Å². The first-order valence-electron chi connectivity index (χ1n) is 9.13. The van der Waals surface area contributed by atoms with Gasteiger partial charge in [-0.2, -0.15) is 12.8 Å². The van der Waals surface area contributed by atoms with Gasteiger partial charge in [0, 0.05) is 39.4 Å². The summed E-state index contributed by atoms with van der Waals surface area (Å²) in [5.74, 6) is -0.128. The number of hydrogen-bond donors (Lipinski definition) is 2. The first-order valence-corrected chi connectivity index (χ1v) is 10.6. The van der Waals surface area contributed by atoms with Gasteiger partial charge in [0.1, 0.15) is 16.3 Å². The fourth-order valence-corrected chi connectivity index (χ4v) is 5.20. The zero-order valence-corrected chi connectivity index (χ0v) is 16.6. The molecule has 148 valence electrons. The summed E-state index contributed by atoms with van der Waals surface area (Å²) in [7, 11) is -4.06. The van der Waals surface area contributed by atoms with Crippen molar-refractivity contribution in [2.75, 3.05) is 0 Å². The van der Waals surface area contributed by atoms with Crippen LogP contribution in [-0.4, -0.2) is 29.2 Å². The molecule has 0 saturated heterocycles. The number of benzene rings is 2. The summed E-state index contributed by atoms with van der Waals surface area (Å²) < 4.78 is 29.9. The highest BCUT2D eigenvalue weighted by Gasteiger charge is 2.35. The molecule has 8 heteroatoms. The molecule has 5 rings (SSSR count). The van der Waals surface area contributed by atoms with E-state index in [1.165, 1.54) is 6.07 Å². The summed E-state index contributed by atoms with van der Waals surface area (Å²) in [4.78, 5) is 18.8. The second-order valence-electron chi connectivity index (χ2n) is 6.97. The van der Waals surface area contributed by atoms with Gasteiger partial charge >= 0.3 is 0 Å². The van der Waals surface area contributed by atoms with Crippen molar-refractivity contribution in [3.63, 3.8) is 0 Å². The van der Waals surface area contributed by atoms with Crippen LogP contribution in [0.5, 0.6) is 5.75 Å². The molecule has 2 aromatic carbocycles. The lowest BCUT2D eigenvalue weighted by molar-refractivity contribution is 0.477. The molecule has 0 spiro atoms. The Bertz CT molecular complexity index is 1550. The Kier molecular flexibility index (Phi) is 3.87. The molecule has 2 aromatic heterocycles. The molecule has 0 unspecified atom stereocenters. The third kappa shape index (κ3) is 2.65. The van der Waals surface area contributed by atoms with Gasteiger partial charge in [0.15, 0.2) is 5.75 Å². The number of hydrogen-bond acceptors (Lipinski definition) is 5. The monoisotopic (exact) mass is 417 g/mol. The number of fused-ring (bicyclic) bond motifs is 2. The van der Waals surface area contributed by atoms with Crippen LogP contribution in [0, 0.1) is 6.92 Å². The van der Waals surface area contributed by atoms with Crippen LogP contribution >= 0.6 is 0 Å². The molecular weight excluding hydrogens is 402 g/mol. The lowest BCUT2D eigenvalue weighted by Crippen LogP contribution is -2.07. The smallest absolute Gasteiger partial charge is 0.284 e. The van der Waals surface area contributed by atoms with E-state index in [4.69, 9.17) is 0 Å². The molecule has 1 aliphatic rings. The van der Waals surface area contributed by atoms with Gasteiger partial charge < -0.3 is 10.1 Å². The Hall–Kier alpha value is -3.78. The van der Waals surface area contributed by atoms with Crippen molar-refractivity contribution >= 4 is 26.5 Å². The second kappa shape index (κ2) is 6.36. The second-order valence-corrected chi connectivity index (χ2v) is 8.51. The van der Waals surface area contributed by atoms with Crippen LogP contribution < -0.4 is 5.56 Å². The highest BCUT2D eigenvalue weighted by molar-refractivity contribution is 7.91. The number of rotatable bonds is 2. The number of aromatic hydroxyl groups is 1. The summed E-state index contributed by atoms with van der Waals surface area (Å²) >= 11 is 0. The molecule has 0 fully saturated rings. The largest absolute Gasteiger partial charge is 0.505 e. The number of H-pyrrole nitrogens is 1. The third-order valence-corrected chi connectivity index (χ3v) is 6.48. The summed E-state index contributed by atoms with van der Waals surface area (Å²) in [6, 6.07) is 16.7. The minimum absolute atomic E-state index is 0.0196. The molecule has 0 bridgehead atoms. The van der Waals surface area contributed by atoms with Crippen LogP contribution in [0.2, 0.25) is 0 Å². The predicted molar refractivity (Wildman–Crippen MR) is 113 cm³/mol. The predicted octanol–water partition coefficient (Wildman–Crippen LogP) is 3.14. The first-order chi connectivity index (χ1) is 14.4. The summed E-state index contributed by atoms with van der Waals surface area (Å²) in [6.45, 7) is 1.79. The molecule has 0 amide bonds.